The van der Waals surface area contributed by atoms with Crippen LogP contribution in [-0.2, 0) is 0 Å². The summed E-state index contributed by atoms with van der Waals surface area (Å²) in [5.41, 5.74) is 0.630. The van der Waals surface area contributed by atoms with Crippen molar-refractivity contribution in [3.63, 3.8) is 0 Å². The minimum atomic E-state index is 0.630. The van der Waals surface area contributed by atoms with Gasteiger partial charge in [0.05, 0.1) is 5.11 Å². The standard InChI is InChI=1S/C7H4ClN3/c1-9-11-10-7-4-2-6(8)3-5-7/h2-5H. The fourth-order valence-electron chi connectivity index (χ4n) is 0.582. The maximum Gasteiger partial charge on any atom is 0.209 e. The molecule has 0 atom stereocenters. The highest BCUT2D eigenvalue weighted by Crippen LogP contribution is 2.16. The lowest BCUT2D eigenvalue weighted by Gasteiger charge is -1.83. The van der Waals surface area contributed by atoms with Crippen LogP contribution in [0.3, 0.4) is 0 Å². The van der Waals surface area contributed by atoms with E-state index < -0.39 is 0 Å². The molecule has 0 fully saturated rings. The van der Waals surface area contributed by atoms with Crippen LogP contribution >= 0.6 is 11.6 Å². The molecule has 0 aliphatic rings. The first-order valence-electron chi connectivity index (χ1n) is 2.86. The van der Waals surface area contributed by atoms with E-state index in [1.54, 1.807) is 24.3 Å². The van der Waals surface area contributed by atoms with Gasteiger partial charge in [-0.05, 0) is 24.3 Å². The monoisotopic (exact) mass is 165 g/mol. The highest BCUT2D eigenvalue weighted by atomic mass is 35.5. The molecule has 0 aromatic heterocycles. The number of hydrogen-bond acceptors (Lipinski definition) is 2. The van der Waals surface area contributed by atoms with Crippen LogP contribution in [0, 0.1) is 6.57 Å². The van der Waals surface area contributed by atoms with Crippen LogP contribution < -0.4 is 0 Å². The number of hydrogen-bond donors (Lipinski definition) is 0. The first-order valence-corrected chi connectivity index (χ1v) is 3.24. The lowest BCUT2D eigenvalue weighted by molar-refractivity contribution is 1.22. The smallest absolute Gasteiger partial charge is 0.209 e. The maximum atomic E-state index is 6.33. The molecule has 0 amide bonds. The number of rotatable bonds is 1. The van der Waals surface area contributed by atoms with E-state index in [2.05, 4.69) is 15.3 Å². The van der Waals surface area contributed by atoms with E-state index in [1.165, 1.54) is 0 Å². The van der Waals surface area contributed by atoms with Crippen molar-refractivity contribution in [2.24, 2.45) is 10.3 Å². The average molecular weight is 166 g/mol. The average Bonchev–Trinajstić information content (AvgIpc) is 2.04. The van der Waals surface area contributed by atoms with E-state index >= 15 is 0 Å². The van der Waals surface area contributed by atoms with Gasteiger partial charge in [0.25, 0.3) is 0 Å². The number of halogens is 1. The van der Waals surface area contributed by atoms with Gasteiger partial charge in [0, 0.05) is 5.02 Å². The molecule has 1 aromatic rings. The van der Waals surface area contributed by atoms with Crippen molar-refractivity contribution in [2.45, 2.75) is 0 Å². The minimum Gasteiger partial charge on any atom is -0.347 e. The summed E-state index contributed by atoms with van der Waals surface area (Å²) >= 11 is 5.61. The highest BCUT2D eigenvalue weighted by Gasteiger charge is 1.94. The summed E-state index contributed by atoms with van der Waals surface area (Å²) in [6, 6.07) is 6.77. The zero-order valence-electron chi connectivity index (χ0n) is 5.53. The van der Waals surface area contributed by atoms with Gasteiger partial charge in [-0.25, -0.2) is 0 Å². The van der Waals surface area contributed by atoms with Crippen molar-refractivity contribution in [3.8, 4) is 0 Å². The molecule has 1 aromatic carbocycles. The third kappa shape index (κ3) is 2.36. The van der Waals surface area contributed by atoms with Gasteiger partial charge in [0.2, 0.25) is 10.9 Å². The van der Waals surface area contributed by atoms with Gasteiger partial charge in [0.15, 0.2) is 0 Å². The molecular formula is C7H4ClN3. The van der Waals surface area contributed by atoms with E-state index in [-0.39, 0.29) is 0 Å². The Balaban J connectivity index is 2.84. The van der Waals surface area contributed by atoms with E-state index in [0.717, 1.165) is 0 Å². The molecular weight excluding hydrogens is 162 g/mol. The molecule has 0 saturated carbocycles. The zero-order valence-corrected chi connectivity index (χ0v) is 6.28. The third-order valence-corrected chi connectivity index (χ3v) is 1.28. The Morgan fingerprint density at radius 3 is 2.45 bits per heavy atom. The molecule has 54 valence electrons. The SMILES string of the molecule is [C-]#[N+]N=Nc1ccc(Cl)cc1. The first kappa shape index (κ1) is 7.70. The summed E-state index contributed by atoms with van der Waals surface area (Å²) in [7, 11) is 0. The van der Waals surface area contributed by atoms with Crippen LogP contribution in [0.1, 0.15) is 0 Å². The molecule has 0 aliphatic carbocycles. The molecule has 4 heteroatoms. The lowest BCUT2D eigenvalue weighted by Crippen LogP contribution is -1.62. The van der Waals surface area contributed by atoms with Gasteiger partial charge in [0.1, 0.15) is 0 Å². The summed E-state index contributed by atoms with van der Waals surface area (Å²) in [6.07, 6.45) is 0. The van der Waals surface area contributed by atoms with Crippen LogP contribution in [0.5, 0.6) is 0 Å². The Labute approximate surface area is 69.1 Å². The third-order valence-electron chi connectivity index (χ3n) is 1.03. The molecule has 0 N–H and O–H groups in total. The van der Waals surface area contributed by atoms with Gasteiger partial charge in [-0.1, -0.05) is 11.6 Å². The second kappa shape index (κ2) is 3.69. The summed E-state index contributed by atoms with van der Waals surface area (Å²) in [5.74, 6) is 0. The van der Waals surface area contributed by atoms with Crippen LogP contribution in [0.25, 0.3) is 4.95 Å². The fourth-order valence-corrected chi connectivity index (χ4v) is 0.708. The van der Waals surface area contributed by atoms with E-state index in [4.69, 9.17) is 18.2 Å². The van der Waals surface area contributed by atoms with E-state index in [0.29, 0.717) is 10.7 Å². The van der Waals surface area contributed by atoms with Crippen molar-refractivity contribution in [1.29, 1.82) is 0 Å². The minimum absolute atomic E-state index is 0.630. The molecule has 0 radical (unpaired) electrons. The molecule has 0 unspecified atom stereocenters. The molecule has 0 bridgehead atoms. The van der Waals surface area contributed by atoms with Gasteiger partial charge >= 0.3 is 0 Å². The molecule has 0 spiro atoms. The Hall–Kier alpha value is -1.40. The topological polar surface area (TPSA) is 29.1 Å². The quantitative estimate of drug-likeness (QED) is 0.347. The molecule has 0 saturated heterocycles. The maximum absolute atomic E-state index is 6.33. The fraction of sp³-hybridized carbons (Fsp3) is 0. The first-order chi connectivity index (χ1) is 5.33. The summed E-state index contributed by atoms with van der Waals surface area (Å²) in [5, 5.41) is 7.37. The molecule has 0 aliphatic heterocycles. The van der Waals surface area contributed by atoms with Gasteiger partial charge in [-0.2, -0.15) is 0 Å². The van der Waals surface area contributed by atoms with E-state index in [1.807, 2.05) is 0 Å². The predicted octanol–water partition coefficient (Wildman–Crippen LogP) is 3.26. The van der Waals surface area contributed by atoms with Crippen LogP contribution in [-0.4, -0.2) is 0 Å². The Bertz CT molecular complexity index is 296. The Kier molecular flexibility index (Phi) is 2.59. The summed E-state index contributed by atoms with van der Waals surface area (Å²) < 4.78 is 0. The summed E-state index contributed by atoms with van der Waals surface area (Å²) in [4.78, 5) is 2.73. The molecule has 3 nitrogen and oxygen atoms in total. The van der Waals surface area contributed by atoms with Crippen LogP contribution in [0.15, 0.2) is 34.6 Å². The number of nitrogens with zero attached hydrogens (tertiary/aromatic N) is 3. The Morgan fingerprint density at radius 1 is 1.27 bits per heavy atom. The predicted molar refractivity (Wildman–Crippen MR) is 42.6 cm³/mol. The number of benzene rings is 1. The largest absolute Gasteiger partial charge is 0.347 e. The Morgan fingerprint density at radius 2 is 1.91 bits per heavy atom. The highest BCUT2D eigenvalue weighted by molar-refractivity contribution is 6.30. The molecule has 11 heavy (non-hydrogen) atoms. The zero-order chi connectivity index (χ0) is 8.10. The van der Waals surface area contributed by atoms with Crippen molar-refractivity contribution < 1.29 is 0 Å². The second-order valence-corrected chi connectivity index (χ2v) is 2.20. The van der Waals surface area contributed by atoms with Gasteiger partial charge < -0.3 is 6.57 Å². The van der Waals surface area contributed by atoms with Crippen LogP contribution in [0.2, 0.25) is 5.02 Å². The second-order valence-electron chi connectivity index (χ2n) is 1.77. The van der Waals surface area contributed by atoms with Crippen LogP contribution in [0.4, 0.5) is 5.69 Å². The van der Waals surface area contributed by atoms with E-state index in [9.17, 15) is 0 Å². The van der Waals surface area contributed by atoms with Gasteiger partial charge in [-0.15, -0.1) is 0 Å². The van der Waals surface area contributed by atoms with Gasteiger partial charge in [-0.3, -0.25) is 4.95 Å². The normalized spacial score (nSPS) is 9.82. The van der Waals surface area contributed by atoms with Crippen molar-refractivity contribution in [3.05, 3.63) is 40.8 Å². The van der Waals surface area contributed by atoms with Crippen molar-refractivity contribution >= 4 is 17.3 Å². The van der Waals surface area contributed by atoms with Crippen molar-refractivity contribution in [1.82, 2.24) is 0 Å². The molecule has 0 heterocycles. The summed E-state index contributed by atoms with van der Waals surface area (Å²) in [6.45, 7) is 6.33. The lowest BCUT2D eigenvalue weighted by atomic mass is 10.3. The van der Waals surface area contributed by atoms with Crippen molar-refractivity contribution in [2.75, 3.05) is 0 Å². The molecule has 1 rings (SSSR count).